The standard InChI is InChI=1S/C11H22N4O2.ClH/c1-3-13-11(17)14-10(16)7-15-5-4-9(12)8(2)6-15;/h8-9H,3-7,12H2,1-2H3,(H2,13,14,16,17);1H. The van der Waals surface area contributed by atoms with Crippen molar-refractivity contribution in [2.24, 2.45) is 11.7 Å². The van der Waals surface area contributed by atoms with Crippen molar-refractivity contribution in [3.8, 4) is 0 Å². The number of nitrogens with two attached hydrogens (primary N) is 1. The lowest BCUT2D eigenvalue weighted by molar-refractivity contribution is -0.121. The molecule has 1 fully saturated rings. The summed E-state index contributed by atoms with van der Waals surface area (Å²) in [4.78, 5) is 24.7. The monoisotopic (exact) mass is 278 g/mol. The number of hydrogen-bond acceptors (Lipinski definition) is 4. The molecule has 7 heteroatoms. The number of nitrogens with one attached hydrogen (secondary N) is 2. The number of piperidine rings is 1. The smallest absolute Gasteiger partial charge is 0.321 e. The van der Waals surface area contributed by atoms with Crippen LogP contribution in [-0.2, 0) is 4.79 Å². The molecule has 6 nitrogen and oxygen atoms in total. The molecule has 106 valence electrons. The molecule has 1 aliphatic heterocycles. The third-order valence-corrected chi connectivity index (χ3v) is 3.01. The Labute approximate surface area is 114 Å². The lowest BCUT2D eigenvalue weighted by Gasteiger charge is -2.34. The van der Waals surface area contributed by atoms with Gasteiger partial charge in [0.2, 0.25) is 5.91 Å². The van der Waals surface area contributed by atoms with Crippen LogP contribution in [0.3, 0.4) is 0 Å². The fourth-order valence-electron chi connectivity index (χ4n) is 1.97. The number of hydrogen-bond donors (Lipinski definition) is 3. The molecule has 1 saturated heterocycles. The van der Waals surface area contributed by atoms with E-state index in [1.54, 1.807) is 6.92 Å². The largest absolute Gasteiger partial charge is 0.338 e. The molecule has 1 rings (SSSR count). The zero-order chi connectivity index (χ0) is 12.8. The highest BCUT2D eigenvalue weighted by atomic mass is 35.5. The number of likely N-dealkylation sites (tertiary alicyclic amines) is 1. The van der Waals surface area contributed by atoms with E-state index in [1.807, 2.05) is 4.90 Å². The van der Waals surface area contributed by atoms with E-state index in [-0.39, 0.29) is 30.9 Å². The van der Waals surface area contributed by atoms with Gasteiger partial charge in [0.25, 0.3) is 0 Å². The number of carbonyl (C=O) groups is 2. The number of rotatable bonds is 3. The van der Waals surface area contributed by atoms with Crippen LogP contribution in [0.25, 0.3) is 0 Å². The van der Waals surface area contributed by atoms with Gasteiger partial charge >= 0.3 is 6.03 Å². The van der Waals surface area contributed by atoms with Crippen molar-refractivity contribution in [2.45, 2.75) is 26.3 Å². The first-order valence-electron chi connectivity index (χ1n) is 6.08. The third kappa shape index (κ3) is 5.66. The van der Waals surface area contributed by atoms with E-state index >= 15 is 0 Å². The van der Waals surface area contributed by atoms with E-state index in [4.69, 9.17) is 5.73 Å². The minimum absolute atomic E-state index is 0. The van der Waals surface area contributed by atoms with Crippen molar-refractivity contribution >= 4 is 24.3 Å². The highest BCUT2D eigenvalue weighted by molar-refractivity contribution is 5.95. The summed E-state index contributed by atoms with van der Waals surface area (Å²) in [5.74, 6) is 0.125. The second-order valence-corrected chi connectivity index (χ2v) is 4.57. The van der Waals surface area contributed by atoms with Crippen molar-refractivity contribution in [3.63, 3.8) is 0 Å². The average Bonchev–Trinajstić information content (AvgIpc) is 2.23. The number of urea groups is 1. The Kier molecular flexibility index (Phi) is 7.90. The van der Waals surface area contributed by atoms with Crippen LogP contribution in [0.1, 0.15) is 20.3 Å². The zero-order valence-electron chi connectivity index (χ0n) is 10.9. The Morgan fingerprint density at radius 2 is 2.11 bits per heavy atom. The maximum Gasteiger partial charge on any atom is 0.321 e. The van der Waals surface area contributed by atoms with Gasteiger partial charge in [-0.25, -0.2) is 4.79 Å². The lowest BCUT2D eigenvalue weighted by Crippen LogP contribution is -2.50. The molecule has 0 saturated carbocycles. The fraction of sp³-hybridized carbons (Fsp3) is 0.818. The van der Waals surface area contributed by atoms with Crippen LogP contribution in [0.2, 0.25) is 0 Å². The summed E-state index contributed by atoms with van der Waals surface area (Å²) in [6.07, 6.45) is 0.898. The number of imide groups is 1. The van der Waals surface area contributed by atoms with Gasteiger partial charge in [-0.1, -0.05) is 6.92 Å². The Balaban J connectivity index is 0.00000289. The zero-order valence-corrected chi connectivity index (χ0v) is 11.8. The molecule has 0 aromatic carbocycles. The van der Waals surface area contributed by atoms with Gasteiger partial charge in [-0.05, 0) is 19.3 Å². The predicted octanol–water partition coefficient (Wildman–Crippen LogP) is -0.0770. The molecule has 0 radical (unpaired) electrons. The second-order valence-electron chi connectivity index (χ2n) is 4.57. The quantitative estimate of drug-likeness (QED) is 0.674. The summed E-state index contributed by atoms with van der Waals surface area (Å²) in [7, 11) is 0. The molecule has 2 atom stereocenters. The topological polar surface area (TPSA) is 87.5 Å². The summed E-state index contributed by atoms with van der Waals surface area (Å²) in [6.45, 7) is 6.28. The van der Waals surface area contributed by atoms with Crippen molar-refractivity contribution in [3.05, 3.63) is 0 Å². The van der Waals surface area contributed by atoms with Crippen LogP contribution in [0, 0.1) is 5.92 Å². The van der Waals surface area contributed by atoms with Crippen LogP contribution in [0.5, 0.6) is 0 Å². The molecule has 18 heavy (non-hydrogen) atoms. The molecular weight excluding hydrogens is 256 g/mol. The normalized spacial score (nSPS) is 23.9. The summed E-state index contributed by atoms with van der Waals surface area (Å²) in [5, 5.41) is 4.81. The Hall–Kier alpha value is -0.850. The van der Waals surface area contributed by atoms with Gasteiger partial charge in [0.15, 0.2) is 0 Å². The number of carbonyl (C=O) groups excluding carboxylic acids is 2. The SMILES string of the molecule is CCNC(=O)NC(=O)CN1CCC(N)C(C)C1.Cl. The van der Waals surface area contributed by atoms with Crippen molar-refractivity contribution in [2.75, 3.05) is 26.2 Å². The van der Waals surface area contributed by atoms with Gasteiger partial charge in [-0.2, -0.15) is 0 Å². The van der Waals surface area contributed by atoms with E-state index in [9.17, 15) is 9.59 Å². The van der Waals surface area contributed by atoms with E-state index in [0.29, 0.717) is 12.5 Å². The predicted molar refractivity (Wildman–Crippen MR) is 72.7 cm³/mol. The Morgan fingerprint density at radius 3 is 2.67 bits per heavy atom. The van der Waals surface area contributed by atoms with E-state index < -0.39 is 6.03 Å². The number of halogens is 1. The summed E-state index contributed by atoms with van der Waals surface area (Å²) in [5.41, 5.74) is 5.90. The van der Waals surface area contributed by atoms with Crippen LogP contribution in [-0.4, -0.2) is 49.1 Å². The maximum absolute atomic E-state index is 11.5. The van der Waals surface area contributed by atoms with Crippen LogP contribution in [0.4, 0.5) is 4.79 Å². The summed E-state index contributed by atoms with van der Waals surface area (Å²) >= 11 is 0. The number of amides is 3. The minimum atomic E-state index is -0.431. The van der Waals surface area contributed by atoms with Crippen molar-refractivity contribution < 1.29 is 9.59 Å². The first-order chi connectivity index (χ1) is 8.02. The van der Waals surface area contributed by atoms with Gasteiger partial charge in [0.05, 0.1) is 6.54 Å². The van der Waals surface area contributed by atoms with Gasteiger partial charge < -0.3 is 11.1 Å². The van der Waals surface area contributed by atoms with Crippen LogP contribution in [0.15, 0.2) is 0 Å². The third-order valence-electron chi connectivity index (χ3n) is 3.01. The van der Waals surface area contributed by atoms with E-state index in [1.165, 1.54) is 0 Å². The first kappa shape index (κ1) is 17.2. The second kappa shape index (κ2) is 8.29. The van der Waals surface area contributed by atoms with Crippen LogP contribution >= 0.6 is 12.4 Å². The molecule has 0 bridgehead atoms. The van der Waals surface area contributed by atoms with Gasteiger partial charge in [-0.3, -0.25) is 15.0 Å². The molecule has 0 aromatic heterocycles. The highest BCUT2D eigenvalue weighted by Crippen LogP contribution is 2.14. The highest BCUT2D eigenvalue weighted by Gasteiger charge is 2.24. The van der Waals surface area contributed by atoms with Crippen molar-refractivity contribution in [1.82, 2.24) is 15.5 Å². The average molecular weight is 279 g/mol. The van der Waals surface area contributed by atoms with Gasteiger partial charge in [0, 0.05) is 25.7 Å². The first-order valence-corrected chi connectivity index (χ1v) is 6.08. The molecule has 1 aliphatic rings. The molecule has 0 aliphatic carbocycles. The van der Waals surface area contributed by atoms with Gasteiger partial charge in [0.1, 0.15) is 0 Å². The van der Waals surface area contributed by atoms with Crippen LogP contribution < -0.4 is 16.4 Å². The Bertz CT molecular complexity index is 288. The molecule has 2 unspecified atom stereocenters. The molecule has 1 heterocycles. The maximum atomic E-state index is 11.5. The van der Waals surface area contributed by atoms with E-state index in [2.05, 4.69) is 17.6 Å². The van der Waals surface area contributed by atoms with E-state index in [0.717, 1.165) is 19.5 Å². The lowest BCUT2D eigenvalue weighted by atomic mass is 9.95. The molecule has 0 spiro atoms. The van der Waals surface area contributed by atoms with Gasteiger partial charge in [-0.15, -0.1) is 12.4 Å². The molecule has 0 aromatic rings. The Morgan fingerprint density at radius 1 is 1.44 bits per heavy atom. The summed E-state index contributed by atoms with van der Waals surface area (Å²) in [6, 6.07) is -0.211. The summed E-state index contributed by atoms with van der Waals surface area (Å²) < 4.78 is 0. The molecule has 3 amide bonds. The molecular formula is C11H23ClN4O2. The number of nitrogens with zero attached hydrogens (tertiary/aromatic N) is 1. The minimum Gasteiger partial charge on any atom is -0.338 e. The van der Waals surface area contributed by atoms with Crippen molar-refractivity contribution in [1.29, 1.82) is 0 Å². The fourth-order valence-corrected chi connectivity index (χ4v) is 1.97. The molecule has 4 N–H and O–H groups in total.